The zero-order chi connectivity index (χ0) is 28.9. The predicted molar refractivity (Wildman–Crippen MR) is 155 cm³/mol. The highest BCUT2D eigenvalue weighted by Gasteiger charge is 2.29. The van der Waals surface area contributed by atoms with Crippen LogP contribution in [0.3, 0.4) is 0 Å². The second kappa shape index (κ2) is 15.9. The molecule has 2 aromatic carbocycles. The molecule has 0 aliphatic heterocycles. The van der Waals surface area contributed by atoms with Crippen LogP contribution in [-0.4, -0.2) is 74.8 Å². The Bertz CT molecular complexity index is 1130. The van der Waals surface area contributed by atoms with Crippen molar-refractivity contribution in [1.29, 1.82) is 0 Å². The standard InChI is InChI=1S/C29H38N4O6S/c1-38-28(36)25(33-27(35)24(14-16-40-2)32-26(34)17-30)13-7-8-15-31-29(37)39-18-23-21-11-5-3-9-19(21)20-10-4-6-12-22(20)23/h3-6,9-12,23-25H,7-8,13-18,30H2,1-2H3,(H,31,37)(H,32,34)(H,33,35). The summed E-state index contributed by atoms with van der Waals surface area (Å²) in [5, 5.41) is 8.03. The lowest BCUT2D eigenvalue weighted by molar-refractivity contribution is -0.145. The molecule has 0 aromatic heterocycles. The maximum absolute atomic E-state index is 12.8. The van der Waals surface area contributed by atoms with Crippen LogP contribution in [0.1, 0.15) is 42.7 Å². The Morgan fingerprint density at radius 2 is 1.57 bits per heavy atom. The summed E-state index contributed by atoms with van der Waals surface area (Å²) in [5.74, 6) is -0.866. The van der Waals surface area contributed by atoms with E-state index in [2.05, 4.69) is 40.2 Å². The van der Waals surface area contributed by atoms with Crippen LogP contribution in [0.25, 0.3) is 11.1 Å². The third-order valence-corrected chi connectivity index (χ3v) is 7.43. The Labute approximate surface area is 239 Å². The van der Waals surface area contributed by atoms with Crippen molar-refractivity contribution in [3.8, 4) is 11.1 Å². The first-order valence-corrected chi connectivity index (χ1v) is 14.7. The minimum absolute atomic E-state index is 0.0167. The van der Waals surface area contributed by atoms with E-state index in [9.17, 15) is 19.2 Å². The van der Waals surface area contributed by atoms with E-state index in [1.807, 2.05) is 30.5 Å². The number of alkyl carbamates (subject to hydrolysis) is 1. The van der Waals surface area contributed by atoms with E-state index in [-0.39, 0.29) is 19.1 Å². The summed E-state index contributed by atoms with van der Waals surface area (Å²) in [6, 6.07) is 14.6. The van der Waals surface area contributed by atoms with Crippen molar-refractivity contribution in [1.82, 2.24) is 16.0 Å². The fourth-order valence-electron chi connectivity index (χ4n) is 4.73. The molecule has 2 atom stereocenters. The van der Waals surface area contributed by atoms with Gasteiger partial charge in [-0.2, -0.15) is 11.8 Å². The van der Waals surface area contributed by atoms with Gasteiger partial charge in [0.25, 0.3) is 0 Å². The van der Waals surface area contributed by atoms with Crippen LogP contribution in [0.15, 0.2) is 48.5 Å². The summed E-state index contributed by atoms with van der Waals surface area (Å²) in [6.07, 6.45) is 3.20. The van der Waals surface area contributed by atoms with Crippen LogP contribution >= 0.6 is 11.8 Å². The van der Waals surface area contributed by atoms with Gasteiger partial charge in [-0.1, -0.05) is 48.5 Å². The van der Waals surface area contributed by atoms with Crippen molar-refractivity contribution in [3.63, 3.8) is 0 Å². The topological polar surface area (TPSA) is 149 Å². The van der Waals surface area contributed by atoms with E-state index >= 15 is 0 Å². The Balaban J connectivity index is 1.43. The molecule has 2 aromatic rings. The molecular formula is C29H38N4O6S. The number of methoxy groups -OCH3 is 1. The van der Waals surface area contributed by atoms with Crippen molar-refractivity contribution >= 4 is 35.6 Å². The average molecular weight is 571 g/mol. The molecule has 3 amide bonds. The smallest absolute Gasteiger partial charge is 0.407 e. The Morgan fingerprint density at radius 3 is 2.17 bits per heavy atom. The molecule has 10 nitrogen and oxygen atoms in total. The number of nitrogens with two attached hydrogens (primary N) is 1. The number of carbonyl (C=O) groups excluding carboxylic acids is 4. The highest BCUT2D eigenvalue weighted by Crippen LogP contribution is 2.44. The van der Waals surface area contributed by atoms with Gasteiger partial charge in [0.2, 0.25) is 11.8 Å². The van der Waals surface area contributed by atoms with Crippen molar-refractivity contribution in [2.24, 2.45) is 5.73 Å². The van der Waals surface area contributed by atoms with Crippen LogP contribution in [0.2, 0.25) is 0 Å². The summed E-state index contributed by atoms with van der Waals surface area (Å²) in [6.45, 7) is 0.344. The van der Waals surface area contributed by atoms with Crippen molar-refractivity contribution in [2.75, 3.05) is 38.8 Å². The van der Waals surface area contributed by atoms with Gasteiger partial charge < -0.3 is 31.2 Å². The lowest BCUT2D eigenvalue weighted by atomic mass is 9.98. The fraction of sp³-hybridized carbons (Fsp3) is 0.448. The number of esters is 1. The van der Waals surface area contributed by atoms with Gasteiger partial charge in [-0.15, -0.1) is 0 Å². The highest BCUT2D eigenvalue weighted by atomic mass is 32.2. The molecule has 0 saturated heterocycles. The first-order chi connectivity index (χ1) is 19.4. The Hall–Kier alpha value is -3.57. The Kier molecular flexibility index (Phi) is 12.3. The zero-order valence-corrected chi connectivity index (χ0v) is 23.8. The molecule has 0 fully saturated rings. The second-order valence-electron chi connectivity index (χ2n) is 9.44. The average Bonchev–Trinajstić information content (AvgIpc) is 3.30. The van der Waals surface area contributed by atoms with Crippen LogP contribution in [0.5, 0.6) is 0 Å². The largest absolute Gasteiger partial charge is 0.467 e. The first-order valence-electron chi connectivity index (χ1n) is 13.3. The van der Waals surface area contributed by atoms with Crippen LogP contribution in [0, 0.1) is 0 Å². The molecule has 0 saturated carbocycles. The summed E-state index contributed by atoms with van der Waals surface area (Å²) < 4.78 is 10.4. The summed E-state index contributed by atoms with van der Waals surface area (Å²) in [4.78, 5) is 49.2. The lowest BCUT2D eigenvalue weighted by Crippen LogP contribution is -2.53. The predicted octanol–water partition coefficient (Wildman–Crippen LogP) is 2.55. The van der Waals surface area contributed by atoms with Gasteiger partial charge in [-0.3, -0.25) is 9.59 Å². The molecule has 216 valence electrons. The maximum Gasteiger partial charge on any atom is 0.407 e. The van der Waals surface area contributed by atoms with Crippen molar-refractivity contribution < 1.29 is 28.7 Å². The normalized spacial score (nSPS) is 13.4. The number of rotatable bonds is 15. The number of hydrogen-bond acceptors (Lipinski definition) is 8. The molecule has 5 N–H and O–H groups in total. The molecule has 0 heterocycles. The van der Waals surface area contributed by atoms with E-state index < -0.39 is 36.0 Å². The number of amides is 3. The molecule has 1 aliphatic carbocycles. The van der Waals surface area contributed by atoms with E-state index in [0.717, 1.165) is 22.3 Å². The van der Waals surface area contributed by atoms with Gasteiger partial charge in [0, 0.05) is 12.5 Å². The van der Waals surface area contributed by atoms with E-state index in [4.69, 9.17) is 15.2 Å². The Morgan fingerprint density at radius 1 is 0.925 bits per heavy atom. The molecule has 40 heavy (non-hydrogen) atoms. The minimum Gasteiger partial charge on any atom is -0.467 e. The van der Waals surface area contributed by atoms with E-state index in [1.54, 1.807) is 0 Å². The van der Waals surface area contributed by atoms with Gasteiger partial charge in [-0.25, -0.2) is 9.59 Å². The second-order valence-corrected chi connectivity index (χ2v) is 10.4. The number of hydrogen-bond donors (Lipinski definition) is 4. The summed E-state index contributed by atoms with van der Waals surface area (Å²) in [7, 11) is 1.25. The molecule has 2 unspecified atom stereocenters. The van der Waals surface area contributed by atoms with Crippen LogP contribution in [-0.2, 0) is 23.9 Å². The quantitative estimate of drug-likeness (QED) is 0.189. The van der Waals surface area contributed by atoms with E-state index in [0.29, 0.717) is 38.0 Å². The molecule has 0 bridgehead atoms. The number of benzene rings is 2. The summed E-state index contributed by atoms with van der Waals surface area (Å²) >= 11 is 1.54. The highest BCUT2D eigenvalue weighted by molar-refractivity contribution is 7.98. The van der Waals surface area contributed by atoms with Gasteiger partial charge in [0.15, 0.2) is 0 Å². The van der Waals surface area contributed by atoms with Crippen LogP contribution in [0.4, 0.5) is 4.79 Å². The number of ether oxygens (including phenoxy) is 2. The molecule has 11 heteroatoms. The van der Waals surface area contributed by atoms with Crippen molar-refractivity contribution in [3.05, 3.63) is 59.7 Å². The third-order valence-electron chi connectivity index (χ3n) is 6.78. The monoisotopic (exact) mass is 570 g/mol. The zero-order valence-electron chi connectivity index (χ0n) is 22.9. The van der Waals surface area contributed by atoms with Crippen LogP contribution < -0.4 is 21.7 Å². The minimum atomic E-state index is -0.876. The maximum atomic E-state index is 12.8. The lowest BCUT2D eigenvalue weighted by Gasteiger charge is -2.22. The van der Waals surface area contributed by atoms with Gasteiger partial charge in [0.05, 0.1) is 13.7 Å². The fourth-order valence-corrected chi connectivity index (χ4v) is 5.21. The summed E-state index contributed by atoms with van der Waals surface area (Å²) in [5.41, 5.74) is 9.98. The third kappa shape index (κ3) is 8.46. The number of fused-ring (bicyclic) bond motifs is 3. The van der Waals surface area contributed by atoms with Crippen molar-refractivity contribution in [2.45, 2.75) is 43.7 Å². The number of thioether (sulfide) groups is 1. The van der Waals surface area contributed by atoms with Gasteiger partial charge in [-0.05, 0) is 59.9 Å². The number of nitrogens with one attached hydrogen (secondary N) is 3. The molecule has 1 aliphatic rings. The molecular weight excluding hydrogens is 532 g/mol. The van der Waals surface area contributed by atoms with E-state index in [1.165, 1.54) is 18.9 Å². The first kappa shape index (κ1) is 31.0. The van der Waals surface area contributed by atoms with Gasteiger partial charge in [0.1, 0.15) is 18.7 Å². The number of unbranched alkanes of at least 4 members (excludes halogenated alkanes) is 1. The molecule has 0 radical (unpaired) electrons. The molecule has 3 rings (SSSR count). The SMILES string of the molecule is COC(=O)C(CCCCNC(=O)OCC1c2ccccc2-c2ccccc21)NC(=O)C(CCSC)NC(=O)CN. The molecule has 0 spiro atoms. The van der Waals surface area contributed by atoms with Gasteiger partial charge >= 0.3 is 12.1 Å². The number of carbonyl (C=O) groups is 4.